The highest BCUT2D eigenvalue weighted by molar-refractivity contribution is 5.26. The van der Waals surface area contributed by atoms with Crippen LogP contribution in [0, 0.1) is 6.92 Å². The zero-order chi connectivity index (χ0) is 15.2. The van der Waals surface area contributed by atoms with Gasteiger partial charge in [0.15, 0.2) is 0 Å². The fraction of sp³-hybridized carbons (Fsp3) is 0.647. The fourth-order valence-electron chi connectivity index (χ4n) is 2.71. The van der Waals surface area contributed by atoms with E-state index in [-0.39, 0.29) is 18.2 Å². The minimum absolute atomic E-state index is 0.145. The van der Waals surface area contributed by atoms with Crippen LogP contribution in [-0.4, -0.2) is 44.6 Å². The molecule has 1 aromatic carbocycles. The Balaban J connectivity index is 1.72. The number of hydrogen-bond donors (Lipinski definition) is 1. The maximum atomic E-state index is 5.80. The summed E-state index contributed by atoms with van der Waals surface area (Å²) in [6.45, 7) is 7.61. The first-order valence-electron chi connectivity index (χ1n) is 7.74. The van der Waals surface area contributed by atoms with Crippen molar-refractivity contribution >= 4 is 0 Å². The average molecular weight is 293 g/mol. The lowest BCUT2D eigenvalue weighted by atomic mass is 9.84. The van der Waals surface area contributed by atoms with Gasteiger partial charge < -0.3 is 19.5 Å². The third-order valence-corrected chi connectivity index (χ3v) is 3.92. The predicted octanol–water partition coefficient (Wildman–Crippen LogP) is 2.54. The lowest BCUT2D eigenvalue weighted by Crippen LogP contribution is -2.62. The van der Waals surface area contributed by atoms with Crippen LogP contribution in [0.4, 0.5) is 0 Å². The summed E-state index contributed by atoms with van der Waals surface area (Å²) >= 11 is 0. The van der Waals surface area contributed by atoms with E-state index >= 15 is 0 Å². The van der Waals surface area contributed by atoms with E-state index in [1.54, 1.807) is 7.11 Å². The Hall–Kier alpha value is -1.10. The molecule has 4 atom stereocenters. The van der Waals surface area contributed by atoms with E-state index in [9.17, 15) is 0 Å². The molecule has 0 spiro atoms. The monoisotopic (exact) mass is 293 g/mol. The van der Waals surface area contributed by atoms with Crippen LogP contribution in [0.25, 0.3) is 0 Å². The maximum absolute atomic E-state index is 5.80. The minimum Gasteiger partial charge on any atom is -0.492 e. The summed E-state index contributed by atoms with van der Waals surface area (Å²) in [5.74, 6) is 0.915. The Bertz CT molecular complexity index is 421. The van der Waals surface area contributed by atoms with Crippen molar-refractivity contribution in [1.82, 2.24) is 5.32 Å². The van der Waals surface area contributed by atoms with Crippen LogP contribution in [0.5, 0.6) is 5.75 Å². The van der Waals surface area contributed by atoms with Crippen molar-refractivity contribution in [2.24, 2.45) is 0 Å². The van der Waals surface area contributed by atoms with Gasteiger partial charge in [-0.25, -0.2) is 0 Å². The third-order valence-electron chi connectivity index (χ3n) is 3.92. The fourth-order valence-corrected chi connectivity index (χ4v) is 2.71. The molecule has 0 aliphatic heterocycles. The molecule has 0 radical (unpaired) electrons. The number of nitrogens with one attached hydrogen (secondary N) is 1. The Morgan fingerprint density at radius 2 is 2.00 bits per heavy atom. The first-order valence-corrected chi connectivity index (χ1v) is 7.74. The van der Waals surface area contributed by atoms with Crippen molar-refractivity contribution in [2.45, 2.75) is 51.5 Å². The van der Waals surface area contributed by atoms with E-state index < -0.39 is 0 Å². The third kappa shape index (κ3) is 4.43. The van der Waals surface area contributed by atoms with Gasteiger partial charge in [-0.2, -0.15) is 0 Å². The molecule has 4 unspecified atom stereocenters. The van der Waals surface area contributed by atoms with E-state index in [4.69, 9.17) is 14.2 Å². The van der Waals surface area contributed by atoms with E-state index in [2.05, 4.69) is 31.3 Å². The van der Waals surface area contributed by atoms with Gasteiger partial charge in [0.25, 0.3) is 0 Å². The van der Waals surface area contributed by atoms with Gasteiger partial charge in [-0.1, -0.05) is 17.7 Å². The largest absolute Gasteiger partial charge is 0.492 e. The Morgan fingerprint density at radius 1 is 1.29 bits per heavy atom. The molecule has 0 bridgehead atoms. The standard InChI is InChI=1S/C17H27NO3/c1-5-20-16-10-15(17(16)19-4)18-13(3)11-21-14-8-6-12(2)7-9-14/h6-9,13,15-18H,5,10-11H2,1-4H3. The molecule has 1 aromatic rings. The van der Waals surface area contributed by atoms with Gasteiger partial charge in [-0.05, 0) is 39.3 Å². The lowest BCUT2D eigenvalue weighted by molar-refractivity contribution is -0.133. The molecule has 0 aromatic heterocycles. The normalized spacial score (nSPS) is 26.2. The van der Waals surface area contributed by atoms with Crippen molar-refractivity contribution in [3.8, 4) is 5.75 Å². The van der Waals surface area contributed by atoms with E-state index in [0.29, 0.717) is 12.6 Å². The summed E-state index contributed by atoms with van der Waals surface area (Å²) in [6, 6.07) is 8.77. The van der Waals surface area contributed by atoms with Crippen molar-refractivity contribution in [2.75, 3.05) is 20.3 Å². The van der Waals surface area contributed by atoms with Crippen LogP contribution in [0.3, 0.4) is 0 Å². The van der Waals surface area contributed by atoms with Crippen LogP contribution < -0.4 is 10.1 Å². The van der Waals surface area contributed by atoms with Crippen molar-refractivity contribution in [1.29, 1.82) is 0 Å². The number of hydrogen-bond acceptors (Lipinski definition) is 4. The number of rotatable bonds is 8. The topological polar surface area (TPSA) is 39.7 Å². The van der Waals surface area contributed by atoms with Gasteiger partial charge in [0.1, 0.15) is 12.4 Å². The highest BCUT2D eigenvalue weighted by atomic mass is 16.5. The van der Waals surface area contributed by atoms with E-state index in [0.717, 1.165) is 18.8 Å². The SMILES string of the molecule is CCOC1CC(NC(C)COc2ccc(C)cc2)C1OC. The summed E-state index contributed by atoms with van der Waals surface area (Å²) < 4.78 is 17.0. The molecule has 4 nitrogen and oxygen atoms in total. The Morgan fingerprint density at radius 3 is 2.62 bits per heavy atom. The van der Waals surface area contributed by atoms with Crippen molar-refractivity contribution in [3.63, 3.8) is 0 Å². The zero-order valence-corrected chi connectivity index (χ0v) is 13.5. The van der Waals surface area contributed by atoms with Gasteiger partial charge >= 0.3 is 0 Å². The molecule has 0 saturated heterocycles. The molecule has 2 rings (SSSR count). The first kappa shape index (κ1) is 16.3. The van der Waals surface area contributed by atoms with Gasteiger partial charge in [0, 0.05) is 25.8 Å². The number of benzene rings is 1. The summed E-state index contributed by atoms with van der Waals surface area (Å²) in [6.07, 6.45) is 1.37. The van der Waals surface area contributed by atoms with Crippen LogP contribution in [-0.2, 0) is 9.47 Å². The van der Waals surface area contributed by atoms with Gasteiger partial charge in [0.05, 0.1) is 12.2 Å². The molecule has 1 aliphatic rings. The minimum atomic E-state index is 0.145. The highest BCUT2D eigenvalue weighted by Crippen LogP contribution is 2.27. The second-order valence-electron chi connectivity index (χ2n) is 5.73. The maximum Gasteiger partial charge on any atom is 0.119 e. The summed E-state index contributed by atoms with van der Waals surface area (Å²) in [5.41, 5.74) is 1.24. The first-order chi connectivity index (χ1) is 10.1. The molecule has 1 N–H and O–H groups in total. The predicted molar refractivity (Wildman–Crippen MR) is 83.9 cm³/mol. The highest BCUT2D eigenvalue weighted by Gasteiger charge is 2.42. The van der Waals surface area contributed by atoms with Crippen molar-refractivity contribution < 1.29 is 14.2 Å². The molecular weight excluding hydrogens is 266 g/mol. The molecule has 4 heteroatoms. The van der Waals surface area contributed by atoms with Crippen LogP contribution >= 0.6 is 0 Å². The summed E-state index contributed by atoms with van der Waals surface area (Å²) in [5, 5.41) is 3.56. The zero-order valence-electron chi connectivity index (χ0n) is 13.5. The van der Waals surface area contributed by atoms with Crippen LogP contribution in [0.15, 0.2) is 24.3 Å². The Kier molecular flexibility index (Phi) is 6.03. The summed E-state index contributed by atoms with van der Waals surface area (Å²) in [7, 11) is 1.75. The molecule has 0 amide bonds. The molecule has 0 heterocycles. The number of ether oxygens (including phenoxy) is 3. The van der Waals surface area contributed by atoms with Crippen molar-refractivity contribution in [3.05, 3.63) is 29.8 Å². The van der Waals surface area contributed by atoms with Gasteiger partial charge in [-0.3, -0.25) is 0 Å². The molecule has 1 aliphatic carbocycles. The lowest BCUT2D eigenvalue weighted by Gasteiger charge is -2.44. The van der Waals surface area contributed by atoms with E-state index in [1.165, 1.54) is 5.56 Å². The van der Waals surface area contributed by atoms with Gasteiger partial charge in [-0.15, -0.1) is 0 Å². The smallest absolute Gasteiger partial charge is 0.119 e. The second kappa shape index (κ2) is 7.78. The average Bonchev–Trinajstić information content (AvgIpc) is 2.46. The number of aryl methyl sites for hydroxylation is 1. The molecule has 21 heavy (non-hydrogen) atoms. The van der Waals surface area contributed by atoms with E-state index in [1.807, 2.05) is 19.1 Å². The van der Waals surface area contributed by atoms with Crippen LogP contribution in [0.1, 0.15) is 25.8 Å². The number of methoxy groups -OCH3 is 1. The molecule has 1 fully saturated rings. The van der Waals surface area contributed by atoms with Crippen LogP contribution in [0.2, 0.25) is 0 Å². The quantitative estimate of drug-likeness (QED) is 0.799. The van der Waals surface area contributed by atoms with Gasteiger partial charge in [0.2, 0.25) is 0 Å². The molecule has 118 valence electrons. The summed E-state index contributed by atoms with van der Waals surface area (Å²) in [4.78, 5) is 0. The Labute approximate surface area is 127 Å². The molecule has 1 saturated carbocycles. The molecular formula is C17H27NO3. The second-order valence-corrected chi connectivity index (χ2v) is 5.73.